The summed E-state index contributed by atoms with van der Waals surface area (Å²) in [7, 11) is 3.12. The van der Waals surface area contributed by atoms with Crippen molar-refractivity contribution in [2.75, 3.05) is 20.8 Å². The second-order valence-electron chi connectivity index (χ2n) is 8.23. The third-order valence-corrected chi connectivity index (χ3v) is 6.43. The van der Waals surface area contributed by atoms with E-state index in [1.54, 1.807) is 50.6 Å². The van der Waals surface area contributed by atoms with Crippen LogP contribution in [0.5, 0.6) is 11.5 Å². The Hall–Kier alpha value is -4.03. The number of halogens is 1. The van der Waals surface area contributed by atoms with E-state index in [-0.39, 0.29) is 12.1 Å². The van der Waals surface area contributed by atoms with Crippen molar-refractivity contribution in [1.82, 2.24) is 4.90 Å². The van der Waals surface area contributed by atoms with Crippen molar-refractivity contribution < 1.29 is 24.2 Å². The molecule has 1 aliphatic rings. The zero-order valence-corrected chi connectivity index (χ0v) is 20.7. The highest BCUT2D eigenvalue weighted by molar-refractivity contribution is 6.31. The van der Waals surface area contributed by atoms with Crippen molar-refractivity contribution in [1.29, 1.82) is 0 Å². The summed E-state index contributed by atoms with van der Waals surface area (Å²) in [6.45, 7) is 0.243. The van der Waals surface area contributed by atoms with Crippen molar-refractivity contribution in [3.63, 3.8) is 0 Å². The molecule has 6 nitrogen and oxygen atoms in total. The average molecular weight is 504 g/mol. The lowest BCUT2D eigenvalue weighted by molar-refractivity contribution is -0.129. The van der Waals surface area contributed by atoms with Gasteiger partial charge in [-0.25, -0.2) is 0 Å². The number of carbonyl (C=O) groups excluding carboxylic acids is 2. The van der Waals surface area contributed by atoms with E-state index in [0.717, 1.165) is 11.1 Å². The molecule has 0 radical (unpaired) electrons. The number of nitrogens with zero attached hydrogens (tertiary/aromatic N) is 1. The summed E-state index contributed by atoms with van der Waals surface area (Å²) in [6.07, 6.45) is 3.49. The normalized spacial score (nSPS) is 15.6. The van der Waals surface area contributed by atoms with E-state index in [0.29, 0.717) is 28.5 Å². The molecule has 0 aliphatic carbocycles. The maximum atomic E-state index is 13.3. The van der Waals surface area contributed by atoms with Gasteiger partial charge in [0.25, 0.3) is 5.91 Å². The lowest BCUT2D eigenvalue weighted by Crippen LogP contribution is -2.33. The Bertz CT molecular complexity index is 1330. The first-order chi connectivity index (χ1) is 17.4. The molecule has 3 aromatic rings. The molecular formula is C29H26ClNO5. The van der Waals surface area contributed by atoms with Crippen LogP contribution in [0, 0.1) is 0 Å². The number of hydrogen-bond donors (Lipinski definition) is 1. The fourth-order valence-corrected chi connectivity index (χ4v) is 4.51. The Balaban J connectivity index is 1.66. The van der Waals surface area contributed by atoms with Crippen LogP contribution >= 0.6 is 11.6 Å². The standard InChI is InChI=1S/C29H26ClNO5/c1-35-24-15-13-20(18-25(24)36-2)16-17-31-27(21-10-6-7-11-22(21)30)26(28(33)29(31)34)23(32)14-12-19-8-4-3-5-9-19/h3-15,18,27,33H,16-17H2,1-2H3/b14-12+. The van der Waals surface area contributed by atoms with Gasteiger partial charge in [-0.1, -0.05) is 72.3 Å². The number of allylic oxidation sites excluding steroid dienone is 1. The highest BCUT2D eigenvalue weighted by Crippen LogP contribution is 2.41. The summed E-state index contributed by atoms with van der Waals surface area (Å²) in [6, 6.07) is 21.0. The highest BCUT2D eigenvalue weighted by Gasteiger charge is 2.43. The summed E-state index contributed by atoms with van der Waals surface area (Å²) >= 11 is 6.50. The molecular weight excluding hydrogens is 478 g/mol. The Morgan fingerprint density at radius 3 is 2.39 bits per heavy atom. The van der Waals surface area contributed by atoms with Crippen LogP contribution in [0.25, 0.3) is 6.08 Å². The van der Waals surface area contributed by atoms with Gasteiger partial charge in [0.15, 0.2) is 23.0 Å². The van der Waals surface area contributed by atoms with Crippen molar-refractivity contribution in [2.45, 2.75) is 12.5 Å². The maximum absolute atomic E-state index is 13.3. The largest absolute Gasteiger partial charge is 0.503 e. The molecule has 1 N–H and O–H groups in total. The number of hydrogen-bond acceptors (Lipinski definition) is 5. The number of rotatable bonds is 9. The predicted octanol–water partition coefficient (Wildman–Crippen LogP) is 5.58. The van der Waals surface area contributed by atoms with Crippen molar-refractivity contribution >= 4 is 29.4 Å². The fraction of sp³-hybridized carbons (Fsp3) is 0.172. The van der Waals surface area contributed by atoms with E-state index in [2.05, 4.69) is 0 Å². The quantitative estimate of drug-likeness (QED) is 0.386. The SMILES string of the molecule is COc1ccc(CCN2C(=O)C(O)=C(C(=O)/C=C/c3ccccc3)C2c2ccccc2Cl)cc1OC. The molecule has 1 unspecified atom stereocenters. The monoisotopic (exact) mass is 503 g/mol. The zero-order chi connectivity index (χ0) is 25.7. The summed E-state index contributed by atoms with van der Waals surface area (Å²) in [4.78, 5) is 28.0. The van der Waals surface area contributed by atoms with Crippen LogP contribution in [0.4, 0.5) is 0 Å². The van der Waals surface area contributed by atoms with Crippen LogP contribution in [0.1, 0.15) is 22.7 Å². The molecule has 1 amide bonds. The van der Waals surface area contributed by atoms with Crippen molar-refractivity contribution in [3.05, 3.63) is 112 Å². The lowest BCUT2D eigenvalue weighted by atomic mass is 9.95. The number of ketones is 1. The molecule has 1 heterocycles. The third-order valence-electron chi connectivity index (χ3n) is 6.09. The van der Waals surface area contributed by atoms with Gasteiger partial charge in [0, 0.05) is 11.6 Å². The first-order valence-electron chi connectivity index (χ1n) is 11.4. The van der Waals surface area contributed by atoms with Gasteiger partial charge in [-0.2, -0.15) is 0 Å². The fourth-order valence-electron chi connectivity index (χ4n) is 4.27. The second kappa shape index (κ2) is 11.1. The van der Waals surface area contributed by atoms with Crippen LogP contribution in [-0.2, 0) is 16.0 Å². The average Bonchev–Trinajstić information content (AvgIpc) is 3.16. The molecule has 0 aromatic heterocycles. The number of amides is 1. The number of carbonyl (C=O) groups is 2. The molecule has 1 atom stereocenters. The minimum atomic E-state index is -0.820. The maximum Gasteiger partial charge on any atom is 0.290 e. The molecule has 0 saturated heterocycles. The molecule has 0 fully saturated rings. The molecule has 0 saturated carbocycles. The van der Waals surface area contributed by atoms with Gasteiger partial charge >= 0.3 is 0 Å². The minimum Gasteiger partial charge on any atom is -0.503 e. The first kappa shape index (κ1) is 25.1. The van der Waals surface area contributed by atoms with Crippen LogP contribution in [0.2, 0.25) is 5.02 Å². The smallest absolute Gasteiger partial charge is 0.290 e. The predicted molar refractivity (Wildman–Crippen MR) is 139 cm³/mol. The second-order valence-corrected chi connectivity index (χ2v) is 8.64. The van der Waals surface area contributed by atoms with E-state index < -0.39 is 23.5 Å². The summed E-state index contributed by atoms with van der Waals surface area (Å²) in [5.41, 5.74) is 2.31. The van der Waals surface area contributed by atoms with Gasteiger partial charge in [-0.15, -0.1) is 0 Å². The zero-order valence-electron chi connectivity index (χ0n) is 20.0. The molecule has 0 bridgehead atoms. The Morgan fingerprint density at radius 1 is 1.00 bits per heavy atom. The molecule has 7 heteroatoms. The molecule has 0 spiro atoms. The summed E-state index contributed by atoms with van der Waals surface area (Å²) < 4.78 is 10.7. The van der Waals surface area contributed by atoms with E-state index in [1.165, 1.54) is 11.0 Å². The number of aliphatic hydroxyl groups is 1. The summed E-state index contributed by atoms with van der Waals surface area (Å²) in [5.74, 6) is -0.451. The molecule has 36 heavy (non-hydrogen) atoms. The first-order valence-corrected chi connectivity index (χ1v) is 11.8. The number of aliphatic hydroxyl groups excluding tert-OH is 1. The van der Waals surface area contributed by atoms with Crippen molar-refractivity contribution in [3.8, 4) is 11.5 Å². The Kier molecular flexibility index (Phi) is 7.76. The lowest BCUT2D eigenvalue weighted by Gasteiger charge is -2.27. The van der Waals surface area contributed by atoms with E-state index in [1.807, 2.05) is 42.5 Å². The third kappa shape index (κ3) is 5.14. The van der Waals surface area contributed by atoms with Crippen LogP contribution in [0.3, 0.4) is 0 Å². The number of ether oxygens (including phenoxy) is 2. The Morgan fingerprint density at radius 2 is 1.69 bits per heavy atom. The molecule has 3 aromatic carbocycles. The van der Waals surface area contributed by atoms with Crippen LogP contribution in [0.15, 0.2) is 90.2 Å². The van der Waals surface area contributed by atoms with Gasteiger partial charge in [0.2, 0.25) is 0 Å². The molecule has 1 aliphatic heterocycles. The van der Waals surface area contributed by atoms with Gasteiger partial charge in [-0.3, -0.25) is 9.59 Å². The number of benzene rings is 3. The van der Waals surface area contributed by atoms with Crippen molar-refractivity contribution in [2.24, 2.45) is 0 Å². The van der Waals surface area contributed by atoms with Crippen LogP contribution < -0.4 is 9.47 Å². The van der Waals surface area contributed by atoms with E-state index in [9.17, 15) is 14.7 Å². The summed E-state index contributed by atoms with van der Waals surface area (Å²) in [5, 5.41) is 11.2. The minimum absolute atomic E-state index is 0.00703. The highest BCUT2D eigenvalue weighted by atomic mass is 35.5. The number of methoxy groups -OCH3 is 2. The van der Waals surface area contributed by atoms with Crippen LogP contribution in [-0.4, -0.2) is 42.5 Å². The van der Waals surface area contributed by atoms with Gasteiger partial charge in [0.05, 0.1) is 25.8 Å². The molecule has 4 rings (SSSR count). The van der Waals surface area contributed by atoms with E-state index >= 15 is 0 Å². The topological polar surface area (TPSA) is 76.1 Å². The van der Waals surface area contributed by atoms with Gasteiger partial charge < -0.3 is 19.5 Å². The van der Waals surface area contributed by atoms with E-state index in [4.69, 9.17) is 21.1 Å². The Labute approximate surface area is 215 Å². The van der Waals surface area contributed by atoms with Gasteiger partial charge in [0.1, 0.15) is 0 Å². The molecule has 184 valence electrons. The van der Waals surface area contributed by atoms with Gasteiger partial charge in [-0.05, 0) is 47.4 Å².